The summed E-state index contributed by atoms with van der Waals surface area (Å²) in [7, 11) is 0. The maximum Gasteiger partial charge on any atom is 0.289 e. The Morgan fingerprint density at radius 1 is 0.889 bits per heavy atom. The van der Waals surface area contributed by atoms with E-state index in [9.17, 15) is 9.59 Å². The Bertz CT molecular complexity index is 922. The van der Waals surface area contributed by atoms with Gasteiger partial charge in [-0.1, -0.05) is 6.07 Å². The van der Waals surface area contributed by atoms with E-state index in [4.69, 9.17) is 4.42 Å². The average molecular weight is 366 g/mol. The van der Waals surface area contributed by atoms with Gasteiger partial charge in [0.05, 0.1) is 6.26 Å². The topological polar surface area (TPSA) is 97.4 Å². The lowest BCUT2D eigenvalue weighted by Gasteiger charge is -2.21. The molecule has 0 saturated carbocycles. The number of furan rings is 1. The van der Waals surface area contributed by atoms with Gasteiger partial charge in [0.25, 0.3) is 11.8 Å². The van der Waals surface area contributed by atoms with Crippen molar-refractivity contribution in [1.82, 2.24) is 29.5 Å². The molecule has 0 aromatic carbocycles. The van der Waals surface area contributed by atoms with Gasteiger partial charge in [-0.15, -0.1) is 10.2 Å². The van der Waals surface area contributed by atoms with Gasteiger partial charge in [-0.2, -0.15) is 0 Å². The minimum absolute atomic E-state index is 0.151. The van der Waals surface area contributed by atoms with Crippen molar-refractivity contribution in [3.63, 3.8) is 0 Å². The van der Waals surface area contributed by atoms with Crippen molar-refractivity contribution in [2.24, 2.45) is 0 Å². The molecule has 9 heteroatoms. The van der Waals surface area contributed by atoms with Crippen LogP contribution in [0, 0.1) is 0 Å². The fraction of sp³-hybridized carbons (Fsp3) is 0.278. The van der Waals surface area contributed by atoms with Gasteiger partial charge in [0.1, 0.15) is 24.2 Å². The van der Waals surface area contributed by atoms with Crippen LogP contribution in [-0.2, 0) is 0 Å². The molecule has 2 amide bonds. The molecule has 3 aromatic rings. The van der Waals surface area contributed by atoms with Gasteiger partial charge >= 0.3 is 0 Å². The van der Waals surface area contributed by atoms with E-state index >= 15 is 0 Å². The monoisotopic (exact) mass is 366 g/mol. The van der Waals surface area contributed by atoms with E-state index in [1.54, 1.807) is 44.7 Å². The zero-order chi connectivity index (χ0) is 18.6. The van der Waals surface area contributed by atoms with Gasteiger partial charge in [0.15, 0.2) is 5.76 Å². The normalized spacial score (nSPS) is 14.8. The van der Waals surface area contributed by atoms with E-state index in [0.717, 1.165) is 0 Å². The molecule has 0 unspecified atom stereocenters. The Hall–Kier alpha value is -3.49. The molecule has 0 N–H and O–H groups in total. The van der Waals surface area contributed by atoms with Crippen LogP contribution in [0.3, 0.4) is 0 Å². The molecular weight excluding hydrogens is 348 g/mol. The van der Waals surface area contributed by atoms with Crippen LogP contribution in [0.15, 0.2) is 53.7 Å². The van der Waals surface area contributed by atoms with E-state index < -0.39 is 0 Å². The fourth-order valence-corrected chi connectivity index (χ4v) is 3.05. The molecule has 0 aliphatic carbocycles. The van der Waals surface area contributed by atoms with Crippen LogP contribution in [0.4, 0.5) is 0 Å². The quantitative estimate of drug-likeness (QED) is 0.692. The summed E-state index contributed by atoms with van der Waals surface area (Å²) >= 11 is 0. The first kappa shape index (κ1) is 17.0. The third-order valence-electron chi connectivity index (χ3n) is 4.44. The molecule has 138 valence electrons. The molecule has 1 aliphatic rings. The molecule has 4 heterocycles. The maximum atomic E-state index is 12.9. The molecule has 9 nitrogen and oxygen atoms in total. The second-order valence-corrected chi connectivity index (χ2v) is 6.17. The Balaban J connectivity index is 1.45. The number of hydrogen-bond acceptors (Lipinski definition) is 6. The van der Waals surface area contributed by atoms with Crippen LogP contribution in [0.1, 0.15) is 27.5 Å². The van der Waals surface area contributed by atoms with Gasteiger partial charge in [-0.25, -0.2) is 4.98 Å². The average Bonchev–Trinajstić information content (AvgIpc) is 3.38. The first-order valence-corrected chi connectivity index (χ1v) is 8.66. The number of amides is 2. The minimum Gasteiger partial charge on any atom is -0.459 e. The number of carbonyl (C=O) groups is 2. The highest BCUT2D eigenvalue weighted by Gasteiger charge is 2.25. The second-order valence-electron chi connectivity index (χ2n) is 6.17. The molecule has 1 saturated heterocycles. The fourth-order valence-electron chi connectivity index (χ4n) is 3.05. The van der Waals surface area contributed by atoms with Crippen molar-refractivity contribution >= 4 is 11.8 Å². The SMILES string of the molecule is O=C(c1cccc(-n2cnnc2)n1)N1CCCN(C(=O)c2ccco2)CC1. The van der Waals surface area contributed by atoms with Crippen molar-refractivity contribution in [2.45, 2.75) is 6.42 Å². The van der Waals surface area contributed by atoms with Crippen molar-refractivity contribution < 1.29 is 14.0 Å². The van der Waals surface area contributed by atoms with E-state index in [-0.39, 0.29) is 11.8 Å². The Labute approximate surface area is 155 Å². The third-order valence-corrected chi connectivity index (χ3v) is 4.44. The highest BCUT2D eigenvalue weighted by molar-refractivity contribution is 5.93. The molecule has 1 fully saturated rings. The zero-order valence-electron chi connectivity index (χ0n) is 14.6. The largest absolute Gasteiger partial charge is 0.459 e. The lowest BCUT2D eigenvalue weighted by molar-refractivity contribution is 0.0698. The van der Waals surface area contributed by atoms with Gasteiger partial charge in [-0.05, 0) is 30.7 Å². The van der Waals surface area contributed by atoms with Crippen LogP contribution in [0.25, 0.3) is 5.82 Å². The molecule has 0 spiro atoms. The standard InChI is InChI=1S/C18H18N6O3/c25-17(14-4-1-6-16(21-14)24-12-19-20-13-24)22-7-3-8-23(10-9-22)18(26)15-5-2-11-27-15/h1-2,4-6,11-13H,3,7-10H2. The number of nitrogens with zero attached hydrogens (tertiary/aromatic N) is 6. The molecule has 27 heavy (non-hydrogen) atoms. The summed E-state index contributed by atoms with van der Waals surface area (Å²) in [6.45, 7) is 2.05. The number of aromatic nitrogens is 4. The molecule has 4 rings (SSSR count). The second kappa shape index (κ2) is 7.40. The highest BCUT2D eigenvalue weighted by Crippen LogP contribution is 2.13. The molecule has 0 radical (unpaired) electrons. The van der Waals surface area contributed by atoms with E-state index in [1.165, 1.54) is 18.9 Å². The molecule has 0 atom stereocenters. The lowest BCUT2D eigenvalue weighted by Crippen LogP contribution is -2.37. The molecule has 0 bridgehead atoms. The van der Waals surface area contributed by atoms with Crippen LogP contribution in [-0.4, -0.2) is 67.5 Å². The Morgan fingerprint density at radius 3 is 2.33 bits per heavy atom. The van der Waals surface area contributed by atoms with E-state index in [1.807, 2.05) is 0 Å². The minimum atomic E-state index is -0.155. The van der Waals surface area contributed by atoms with Gasteiger partial charge in [0.2, 0.25) is 0 Å². The number of carbonyl (C=O) groups excluding carboxylic acids is 2. The highest BCUT2D eigenvalue weighted by atomic mass is 16.3. The van der Waals surface area contributed by atoms with E-state index in [0.29, 0.717) is 49.9 Å². The predicted molar refractivity (Wildman–Crippen MR) is 94.3 cm³/mol. The summed E-state index contributed by atoms with van der Waals surface area (Å²) in [5.74, 6) is 0.590. The summed E-state index contributed by atoms with van der Waals surface area (Å²) in [4.78, 5) is 33.2. The predicted octanol–water partition coefficient (Wildman–Crippen LogP) is 1.24. The Morgan fingerprint density at radius 2 is 1.63 bits per heavy atom. The lowest BCUT2D eigenvalue weighted by atomic mass is 10.3. The number of rotatable bonds is 3. The number of pyridine rings is 1. The van der Waals surface area contributed by atoms with Gasteiger partial charge < -0.3 is 14.2 Å². The zero-order valence-corrected chi connectivity index (χ0v) is 14.6. The Kier molecular flexibility index (Phi) is 4.65. The summed E-state index contributed by atoms with van der Waals surface area (Å²) in [6.07, 6.45) is 5.24. The first-order chi connectivity index (χ1) is 13.2. The molecule has 3 aromatic heterocycles. The van der Waals surface area contributed by atoms with Crippen LogP contribution in [0.2, 0.25) is 0 Å². The summed E-state index contributed by atoms with van der Waals surface area (Å²) < 4.78 is 6.83. The van der Waals surface area contributed by atoms with Crippen molar-refractivity contribution in [2.75, 3.05) is 26.2 Å². The smallest absolute Gasteiger partial charge is 0.289 e. The van der Waals surface area contributed by atoms with Gasteiger partial charge in [-0.3, -0.25) is 14.2 Å². The third kappa shape index (κ3) is 3.57. The maximum absolute atomic E-state index is 12.9. The van der Waals surface area contributed by atoms with Crippen LogP contribution in [0.5, 0.6) is 0 Å². The van der Waals surface area contributed by atoms with Crippen molar-refractivity contribution in [1.29, 1.82) is 0 Å². The van der Waals surface area contributed by atoms with Crippen molar-refractivity contribution in [3.05, 3.63) is 60.7 Å². The first-order valence-electron chi connectivity index (χ1n) is 8.66. The molecular formula is C18H18N6O3. The van der Waals surface area contributed by atoms with Gasteiger partial charge in [0, 0.05) is 26.2 Å². The van der Waals surface area contributed by atoms with E-state index in [2.05, 4.69) is 15.2 Å². The van der Waals surface area contributed by atoms with Crippen LogP contribution >= 0.6 is 0 Å². The summed E-state index contributed by atoms with van der Waals surface area (Å²) in [5.41, 5.74) is 0.354. The summed E-state index contributed by atoms with van der Waals surface area (Å²) in [6, 6.07) is 8.59. The van der Waals surface area contributed by atoms with Crippen LogP contribution < -0.4 is 0 Å². The molecule has 1 aliphatic heterocycles. The summed E-state index contributed by atoms with van der Waals surface area (Å²) in [5, 5.41) is 7.51. The number of hydrogen-bond donors (Lipinski definition) is 0. The van der Waals surface area contributed by atoms with Crippen molar-refractivity contribution in [3.8, 4) is 5.82 Å².